The van der Waals surface area contributed by atoms with E-state index in [2.05, 4.69) is 24.1 Å². The fourth-order valence-corrected chi connectivity index (χ4v) is 1.64. The minimum absolute atomic E-state index is 0.101. The number of carbonyl (C=O) groups is 1. The molecule has 1 aromatic heterocycles. The third kappa shape index (κ3) is 3.73. The Labute approximate surface area is 102 Å². The summed E-state index contributed by atoms with van der Waals surface area (Å²) < 4.78 is 5.10. The Morgan fingerprint density at radius 1 is 1.47 bits per heavy atom. The Kier molecular flexibility index (Phi) is 5.46. The summed E-state index contributed by atoms with van der Waals surface area (Å²) in [6.07, 6.45) is 5.29. The first-order chi connectivity index (χ1) is 8.22. The van der Waals surface area contributed by atoms with Gasteiger partial charge in [-0.2, -0.15) is 0 Å². The molecule has 0 saturated carbocycles. The van der Waals surface area contributed by atoms with Crippen LogP contribution in [0.25, 0.3) is 0 Å². The number of hydrogen-bond acceptors (Lipinski definition) is 3. The molecule has 0 aliphatic carbocycles. The highest BCUT2D eigenvalue weighted by Crippen LogP contribution is 2.15. The van der Waals surface area contributed by atoms with Crippen LogP contribution < -0.4 is 10.1 Å². The summed E-state index contributed by atoms with van der Waals surface area (Å²) >= 11 is 0. The van der Waals surface area contributed by atoms with Crippen molar-refractivity contribution in [1.82, 2.24) is 10.3 Å². The Bertz CT molecular complexity index is 362. The van der Waals surface area contributed by atoms with E-state index in [1.54, 1.807) is 18.5 Å². The van der Waals surface area contributed by atoms with Crippen LogP contribution >= 0.6 is 0 Å². The van der Waals surface area contributed by atoms with Crippen molar-refractivity contribution in [2.75, 3.05) is 13.7 Å². The Hall–Kier alpha value is -1.58. The molecule has 0 aromatic carbocycles. The zero-order valence-electron chi connectivity index (χ0n) is 10.7. The number of amides is 1. The van der Waals surface area contributed by atoms with Gasteiger partial charge in [0, 0.05) is 12.7 Å². The number of ether oxygens (including phenoxy) is 1. The van der Waals surface area contributed by atoms with Crippen molar-refractivity contribution in [1.29, 1.82) is 0 Å². The van der Waals surface area contributed by atoms with E-state index in [9.17, 15) is 4.79 Å². The van der Waals surface area contributed by atoms with Gasteiger partial charge >= 0.3 is 0 Å². The maximum atomic E-state index is 11.9. The van der Waals surface area contributed by atoms with E-state index in [-0.39, 0.29) is 5.91 Å². The second kappa shape index (κ2) is 6.89. The Balaban J connectivity index is 2.63. The van der Waals surface area contributed by atoms with Gasteiger partial charge in [0.25, 0.3) is 5.91 Å². The van der Waals surface area contributed by atoms with Crippen LogP contribution in [0, 0.1) is 5.92 Å². The minimum Gasteiger partial charge on any atom is -0.494 e. The largest absolute Gasteiger partial charge is 0.494 e. The number of nitrogens with zero attached hydrogens (tertiary/aromatic N) is 1. The minimum atomic E-state index is -0.101. The molecule has 1 amide bonds. The van der Waals surface area contributed by atoms with Crippen LogP contribution in [0.15, 0.2) is 18.5 Å². The number of rotatable bonds is 6. The van der Waals surface area contributed by atoms with Crippen LogP contribution in [0.2, 0.25) is 0 Å². The van der Waals surface area contributed by atoms with Gasteiger partial charge in [0.1, 0.15) is 5.75 Å². The van der Waals surface area contributed by atoms with Gasteiger partial charge in [0.2, 0.25) is 0 Å². The van der Waals surface area contributed by atoms with Gasteiger partial charge in [-0.15, -0.1) is 0 Å². The average molecular weight is 236 g/mol. The highest BCUT2D eigenvalue weighted by molar-refractivity contribution is 5.96. The van der Waals surface area contributed by atoms with Crippen molar-refractivity contribution in [3.63, 3.8) is 0 Å². The molecule has 94 valence electrons. The van der Waals surface area contributed by atoms with Gasteiger partial charge in [0.15, 0.2) is 0 Å². The molecule has 17 heavy (non-hydrogen) atoms. The lowest BCUT2D eigenvalue weighted by Gasteiger charge is -2.14. The topological polar surface area (TPSA) is 51.2 Å². The summed E-state index contributed by atoms with van der Waals surface area (Å²) in [6, 6.07) is 1.67. The van der Waals surface area contributed by atoms with E-state index >= 15 is 0 Å². The van der Waals surface area contributed by atoms with Crippen molar-refractivity contribution >= 4 is 5.91 Å². The molecule has 0 radical (unpaired) electrons. The molecule has 0 unspecified atom stereocenters. The maximum absolute atomic E-state index is 11.9. The van der Waals surface area contributed by atoms with Gasteiger partial charge in [0.05, 0.1) is 18.9 Å². The molecule has 0 spiro atoms. The van der Waals surface area contributed by atoms with Crippen LogP contribution in [0.4, 0.5) is 0 Å². The van der Waals surface area contributed by atoms with E-state index in [4.69, 9.17) is 4.74 Å². The molecule has 0 aliphatic heterocycles. The second-order valence-corrected chi connectivity index (χ2v) is 3.97. The standard InChI is InChI=1S/C13H20N2O2/c1-4-10(5-2)8-15-13(16)11-6-7-14-9-12(11)17-3/h6-7,9-10H,4-5,8H2,1-3H3,(H,15,16). The number of pyridine rings is 1. The van der Waals surface area contributed by atoms with Crippen LogP contribution in [-0.2, 0) is 0 Å². The molecule has 1 N–H and O–H groups in total. The Morgan fingerprint density at radius 2 is 2.18 bits per heavy atom. The highest BCUT2D eigenvalue weighted by Gasteiger charge is 2.12. The van der Waals surface area contributed by atoms with Gasteiger partial charge in [-0.25, -0.2) is 0 Å². The normalized spacial score (nSPS) is 10.4. The number of nitrogens with one attached hydrogen (secondary N) is 1. The van der Waals surface area contributed by atoms with Crippen LogP contribution in [0.5, 0.6) is 5.75 Å². The highest BCUT2D eigenvalue weighted by atomic mass is 16.5. The number of carbonyl (C=O) groups excluding carboxylic acids is 1. The van der Waals surface area contributed by atoms with Crippen molar-refractivity contribution in [2.24, 2.45) is 5.92 Å². The van der Waals surface area contributed by atoms with Crippen molar-refractivity contribution < 1.29 is 9.53 Å². The maximum Gasteiger partial charge on any atom is 0.255 e. The van der Waals surface area contributed by atoms with E-state index in [1.165, 1.54) is 7.11 Å². The van der Waals surface area contributed by atoms with Gasteiger partial charge in [-0.05, 0) is 12.0 Å². The molecule has 1 heterocycles. The Morgan fingerprint density at radius 3 is 2.76 bits per heavy atom. The first-order valence-corrected chi connectivity index (χ1v) is 5.99. The van der Waals surface area contributed by atoms with E-state index < -0.39 is 0 Å². The molecule has 0 bridgehead atoms. The summed E-state index contributed by atoms with van der Waals surface area (Å²) in [4.78, 5) is 15.9. The zero-order chi connectivity index (χ0) is 12.7. The summed E-state index contributed by atoms with van der Waals surface area (Å²) in [5, 5.41) is 2.93. The van der Waals surface area contributed by atoms with Gasteiger partial charge in [-0.3, -0.25) is 9.78 Å². The number of aromatic nitrogens is 1. The van der Waals surface area contributed by atoms with Crippen molar-refractivity contribution in [2.45, 2.75) is 26.7 Å². The lowest BCUT2D eigenvalue weighted by Crippen LogP contribution is -2.29. The van der Waals surface area contributed by atoms with E-state index in [0.29, 0.717) is 23.8 Å². The van der Waals surface area contributed by atoms with Crippen LogP contribution in [-0.4, -0.2) is 24.5 Å². The lowest BCUT2D eigenvalue weighted by atomic mass is 10.0. The molecular formula is C13H20N2O2. The number of hydrogen-bond donors (Lipinski definition) is 1. The van der Waals surface area contributed by atoms with E-state index in [1.807, 2.05) is 0 Å². The molecule has 0 fully saturated rings. The molecule has 4 nitrogen and oxygen atoms in total. The SMILES string of the molecule is CCC(CC)CNC(=O)c1ccncc1OC. The molecule has 0 aliphatic rings. The lowest BCUT2D eigenvalue weighted by molar-refractivity contribution is 0.0943. The first-order valence-electron chi connectivity index (χ1n) is 5.99. The molecule has 1 rings (SSSR count). The third-order valence-corrected chi connectivity index (χ3v) is 2.96. The quantitative estimate of drug-likeness (QED) is 0.824. The predicted octanol–water partition coefficient (Wildman–Crippen LogP) is 2.26. The monoisotopic (exact) mass is 236 g/mol. The third-order valence-electron chi connectivity index (χ3n) is 2.96. The van der Waals surface area contributed by atoms with Crippen LogP contribution in [0.1, 0.15) is 37.0 Å². The number of methoxy groups -OCH3 is 1. The second-order valence-electron chi connectivity index (χ2n) is 3.97. The van der Waals surface area contributed by atoms with Crippen LogP contribution in [0.3, 0.4) is 0 Å². The molecular weight excluding hydrogens is 216 g/mol. The fourth-order valence-electron chi connectivity index (χ4n) is 1.64. The van der Waals surface area contributed by atoms with Crippen molar-refractivity contribution in [3.05, 3.63) is 24.0 Å². The molecule has 4 heteroatoms. The summed E-state index contributed by atoms with van der Waals surface area (Å²) in [5.41, 5.74) is 0.536. The zero-order valence-corrected chi connectivity index (χ0v) is 10.7. The summed E-state index contributed by atoms with van der Waals surface area (Å²) in [6.45, 7) is 4.97. The van der Waals surface area contributed by atoms with Crippen molar-refractivity contribution in [3.8, 4) is 5.75 Å². The summed E-state index contributed by atoms with van der Waals surface area (Å²) in [5.74, 6) is 0.942. The average Bonchev–Trinajstić information content (AvgIpc) is 2.39. The summed E-state index contributed by atoms with van der Waals surface area (Å²) in [7, 11) is 1.54. The molecule has 0 atom stereocenters. The fraction of sp³-hybridized carbons (Fsp3) is 0.538. The smallest absolute Gasteiger partial charge is 0.255 e. The molecule has 1 aromatic rings. The van der Waals surface area contributed by atoms with Gasteiger partial charge in [-0.1, -0.05) is 26.7 Å². The van der Waals surface area contributed by atoms with E-state index in [0.717, 1.165) is 12.8 Å². The first kappa shape index (κ1) is 13.5. The van der Waals surface area contributed by atoms with Gasteiger partial charge < -0.3 is 10.1 Å². The predicted molar refractivity (Wildman–Crippen MR) is 67.2 cm³/mol. The molecule has 0 saturated heterocycles.